The monoisotopic (exact) mass is 355 g/mol. The van der Waals surface area contributed by atoms with E-state index in [0.717, 1.165) is 39.1 Å². The molecule has 0 aliphatic rings. The van der Waals surface area contributed by atoms with E-state index in [0.29, 0.717) is 5.82 Å². The molecule has 132 valence electrons. The molecule has 0 unspecified atom stereocenters. The second-order valence-electron chi connectivity index (χ2n) is 6.07. The molecule has 0 saturated carbocycles. The van der Waals surface area contributed by atoms with E-state index in [2.05, 4.69) is 37.5 Å². The van der Waals surface area contributed by atoms with E-state index in [1.165, 1.54) is 4.90 Å². The third-order valence-electron chi connectivity index (χ3n) is 4.41. The molecule has 3 aromatic heterocycles. The number of rotatable bonds is 4. The predicted octanol–water partition coefficient (Wildman–Crippen LogP) is 3.65. The summed E-state index contributed by atoms with van der Waals surface area (Å²) in [6.07, 6.45) is 9.25. The van der Waals surface area contributed by atoms with Gasteiger partial charge in [-0.05, 0) is 23.8 Å². The van der Waals surface area contributed by atoms with E-state index in [9.17, 15) is 0 Å². The lowest BCUT2D eigenvalue weighted by Crippen LogP contribution is -2.07. The van der Waals surface area contributed by atoms with Crippen LogP contribution in [0.2, 0.25) is 0 Å². The van der Waals surface area contributed by atoms with Crippen LogP contribution >= 0.6 is 0 Å². The van der Waals surface area contributed by atoms with Crippen molar-refractivity contribution in [3.63, 3.8) is 0 Å². The quantitative estimate of drug-likeness (QED) is 0.429. The summed E-state index contributed by atoms with van der Waals surface area (Å²) in [4.78, 5) is 18.1. The third-order valence-corrected chi connectivity index (χ3v) is 4.41. The minimum absolute atomic E-state index is 0.707. The van der Waals surface area contributed by atoms with E-state index < -0.39 is 0 Å². The van der Waals surface area contributed by atoms with Crippen molar-refractivity contribution in [2.24, 2.45) is 0 Å². The molecule has 0 bridgehead atoms. The smallest absolute Gasteiger partial charge is 0.183 e. The molecular formula is C20H17N7. The Balaban J connectivity index is 1.82. The lowest BCUT2D eigenvalue weighted by Gasteiger charge is -2.10. The van der Waals surface area contributed by atoms with Crippen LogP contribution in [0.25, 0.3) is 33.4 Å². The number of aromatic amines is 1. The predicted molar refractivity (Wildman–Crippen MR) is 106 cm³/mol. The summed E-state index contributed by atoms with van der Waals surface area (Å²) in [5, 5.41) is 13.1. The van der Waals surface area contributed by atoms with Crippen LogP contribution in [-0.4, -0.2) is 34.0 Å². The van der Waals surface area contributed by atoms with Gasteiger partial charge in [-0.15, -0.1) is 0 Å². The molecule has 0 spiro atoms. The topological polar surface area (TPSA) is 93.5 Å². The number of hydrogen-bond acceptors (Lipinski definition) is 6. The van der Waals surface area contributed by atoms with Gasteiger partial charge in [0.1, 0.15) is 11.5 Å². The first-order valence-corrected chi connectivity index (χ1v) is 8.41. The first-order valence-electron chi connectivity index (χ1n) is 8.41. The van der Waals surface area contributed by atoms with Crippen LogP contribution in [0.1, 0.15) is 0 Å². The van der Waals surface area contributed by atoms with Crippen LogP contribution in [0, 0.1) is 11.5 Å². The Hall–Kier alpha value is -3.92. The normalized spacial score (nSPS) is 10.6. The average Bonchev–Trinajstić information content (AvgIpc) is 3.16. The number of fused-ring (bicyclic) bond motifs is 1. The molecule has 0 saturated heterocycles. The van der Waals surface area contributed by atoms with Gasteiger partial charge in [0.2, 0.25) is 0 Å². The summed E-state index contributed by atoms with van der Waals surface area (Å²) >= 11 is 0. The van der Waals surface area contributed by atoms with E-state index in [1.807, 2.05) is 43.7 Å². The van der Waals surface area contributed by atoms with Crippen LogP contribution in [0.4, 0.5) is 11.5 Å². The van der Waals surface area contributed by atoms with Gasteiger partial charge in [-0.2, -0.15) is 5.26 Å². The summed E-state index contributed by atoms with van der Waals surface area (Å²) in [7, 11) is 3.55. The lowest BCUT2D eigenvalue weighted by molar-refractivity contribution is 1.19. The highest BCUT2D eigenvalue weighted by molar-refractivity contribution is 5.95. The summed E-state index contributed by atoms with van der Waals surface area (Å²) < 4.78 is 0. The Morgan fingerprint density at radius 3 is 2.85 bits per heavy atom. The molecule has 0 radical (unpaired) electrons. The number of anilines is 2. The molecule has 7 nitrogen and oxygen atoms in total. The minimum atomic E-state index is 0.707. The van der Waals surface area contributed by atoms with Crippen molar-refractivity contribution in [2.75, 3.05) is 24.3 Å². The van der Waals surface area contributed by atoms with Gasteiger partial charge in [-0.25, -0.2) is 9.97 Å². The van der Waals surface area contributed by atoms with Crippen molar-refractivity contribution >= 4 is 22.5 Å². The van der Waals surface area contributed by atoms with Crippen molar-refractivity contribution in [2.45, 2.75) is 0 Å². The lowest BCUT2D eigenvalue weighted by atomic mass is 10.0. The van der Waals surface area contributed by atoms with E-state index in [-0.39, 0.29) is 0 Å². The van der Waals surface area contributed by atoms with Gasteiger partial charge in [0.05, 0.1) is 23.8 Å². The first-order chi connectivity index (χ1) is 13.2. The van der Waals surface area contributed by atoms with Gasteiger partial charge in [0.25, 0.3) is 0 Å². The Labute approximate surface area is 156 Å². The number of H-pyrrole nitrogens is 1. The first kappa shape index (κ1) is 16.5. The molecule has 27 heavy (non-hydrogen) atoms. The standard InChI is InChI=1S/C20H17N7/c1-22-19-11-23-10-18(26-19)17-9-25-20-16(17)7-14(8-24-20)13-4-3-5-15(6-13)27(2)12-21/h3-11H,1-2H3,(H,22,26)(H,24,25). The second kappa shape index (κ2) is 6.77. The number of nitrogens with zero attached hydrogens (tertiary/aromatic N) is 5. The van der Waals surface area contributed by atoms with Crippen LogP contribution < -0.4 is 10.2 Å². The molecule has 3 heterocycles. The zero-order valence-corrected chi connectivity index (χ0v) is 14.9. The highest BCUT2D eigenvalue weighted by atomic mass is 15.1. The summed E-state index contributed by atoms with van der Waals surface area (Å²) in [5.74, 6) is 0.707. The zero-order chi connectivity index (χ0) is 18.8. The highest BCUT2D eigenvalue weighted by Gasteiger charge is 2.11. The van der Waals surface area contributed by atoms with Crippen molar-refractivity contribution < 1.29 is 0 Å². The Morgan fingerprint density at radius 1 is 1.15 bits per heavy atom. The fourth-order valence-electron chi connectivity index (χ4n) is 2.94. The number of aromatic nitrogens is 4. The molecule has 0 amide bonds. The van der Waals surface area contributed by atoms with Crippen molar-refractivity contribution in [1.29, 1.82) is 5.26 Å². The number of hydrogen-bond donors (Lipinski definition) is 2. The fraction of sp³-hybridized carbons (Fsp3) is 0.100. The second-order valence-corrected chi connectivity index (χ2v) is 6.07. The summed E-state index contributed by atoms with van der Waals surface area (Å²) in [5.41, 5.74) is 5.28. The Bertz CT molecular complexity index is 1160. The van der Waals surface area contributed by atoms with Gasteiger partial charge in [0.15, 0.2) is 6.19 Å². The number of nitrogens with one attached hydrogen (secondary N) is 2. The average molecular weight is 355 g/mol. The summed E-state index contributed by atoms with van der Waals surface area (Å²) in [6, 6.07) is 9.89. The molecule has 0 aliphatic heterocycles. The highest BCUT2D eigenvalue weighted by Crippen LogP contribution is 2.31. The fourth-order valence-corrected chi connectivity index (χ4v) is 2.94. The number of nitriles is 1. The molecule has 2 N–H and O–H groups in total. The maximum Gasteiger partial charge on any atom is 0.183 e. The van der Waals surface area contributed by atoms with Gasteiger partial charge in [-0.1, -0.05) is 12.1 Å². The van der Waals surface area contributed by atoms with Crippen LogP contribution in [0.3, 0.4) is 0 Å². The third kappa shape index (κ3) is 3.04. The molecule has 7 heteroatoms. The Morgan fingerprint density at radius 2 is 2.04 bits per heavy atom. The molecule has 1 aromatic carbocycles. The Kier molecular flexibility index (Phi) is 4.15. The van der Waals surface area contributed by atoms with Gasteiger partial charge in [0, 0.05) is 43.0 Å². The largest absolute Gasteiger partial charge is 0.372 e. The number of pyridine rings is 1. The summed E-state index contributed by atoms with van der Waals surface area (Å²) in [6.45, 7) is 0. The maximum absolute atomic E-state index is 9.11. The van der Waals surface area contributed by atoms with E-state index in [1.54, 1.807) is 19.4 Å². The zero-order valence-electron chi connectivity index (χ0n) is 14.9. The SMILES string of the molecule is CNc1cncc(-c2c[nH]c3ncc(-c4cccc(N(C)C#N)c4)cc23)n1. The van der Waals surface area contributed by atoms with E-state index >= 15 is 0 Å². The van der Waals surface area contributed by atoms with Gasteiger partial charge in [-0.3, -0.25) is 9.88 Å². The van der Waals surface area contributed by atoms with Crippen molar-refractivity contribution in [3.8, 4) is 28.6 Å². The maximum atomic E-state index is 9.11. The van der Waals surface area contributed by atoms with Gasteiger partial charge < -0.3 is 10.3 Å². The van der Waals surface area contributed by atoms with Crippen molar-refractivity contribution in [1.82, 2.24) is 19.9 Å². The molecule has 4 rings (SSSR count). The van der Waals surface area contributed by atoms with Crippen molar-refractivity contribution in [3.05, 3.63) is 55.1 Å². The van der Waals surface area contributed by atoms with Crippen LogP contribution in [-0.2, 0) is 0 Å². The minimum Gasteiger partial charge on any atom is -0.372 e. The van der Waals surface area contributed by atoms with Gasteiger partial charge >= 0.3 is 0 Å². The van der Waals surface area contributed by atoms with Crippen LogP contribution in [0.5, 0.6) is 0 Å². The number of benzene rings is 1. The molecule has 0 atom stereocenters. The molecule has 4 aromatic rings. The molecule has 0 fully saturated rings. The molecule has 0 aliphatic carbocycles. The van der Waals surface area contributed by atoms with Crippen LogP contribution in [0.15, 0.2) is 55.1 Å². The molecular weight excluding hydrogens is 338 g/mol. The van der Waals surface area contributed by atoms with E-state index in [4.69, 9.17) is 5.26 Å².